The number of anilines is 1. The number of rotatable bonds is 4. The maximum atomic E-state index is 11.9. The summed E-state index contributed by atoms with van der Waals surface area (Å²) in [7, 11) is -1.31. The van der Waals surface area contributed by atoms with Gasteiger partial charge in [-0.2, -0.15) is 0 Å². The fraction of sp³-hybridized carbons (Fsp3) is 0.350. The molecule has 2 heterocycles. The first-order valence-corrected chi connectivity index (χ1v) is 11.6. The molecule has 0 unspecified atom stereocenters. The zero-order valence-electron chi connectivity index (χ0n) is 15.3. The molecule has 2 aromatic carbocycles. The molecule has 0 aliphatic carbocycles. The third-order valence-electron chi connectivity index (χ3n) is 4.86. The van der Waals surface area contributed by atoms with E-state index in [-0.39, 0.29) is 22.8 Å². The van der Waals surface area contributed by atoms with Crippen LogP contribution >= 0.6 is 11.8 Å². The summed E-state index contributed by atoms with van der Waals surface area (Å²) in [5.74, 6) is 1.16. The minimum Gasteiger partial charge on any atom is -0.497 e. The van der Waals surface area contributed by atoms with E-state index in [9.17, 15) is 8.42 Å². The van der Waals surface area contributed by atoms with Gasteiger partial charge in [0, 0.05) is 17.0 Å². The van der Waals surface area contributed by atoms with Crippen LogP contribution in [0, 0.1) is 6.92 Å². The molecule has 0 bridgehead atoms. The van der Waals surface area contributed by atoms with Crippen LogP contribution in [0.4, 0.5) is 5.69 Å². The van der Waals surface area contributed by atoms with E-state index in [1.807, 2.05) is 24.3 Å². The van der Waals surface area contributed by atoms with Gasteiger partial charge in [0.1, 0.15) is 5.75 Å². The number of hydrogen-bond acceptors (Lipinski definition) is 6. The first-order chi connectivity index (χ1) is 12.9. The van der Waals surface area contributed by atoms with Crippen LogP contribution in [0.15, 0.2) is 53.5 Å². The molecule has 1 saturated heterocycles. The fourth-order valence-corrected chi connectivity index (χ4v) is 7.18. The highest BCUT2D eigenvalue weighted by Gasteiger charge is 2.44. The van der Waals surface area contributed by atoms with Gasteiger partial charge in [-0.3, -0.25) is 4.99 Å². The van der Waals surface area contributed by atoms with E-state index < -0.39 is 9.84 Å². The van der Waals surface area contributed by atoms with Crippen molar-refractivity contribution in [2.24, 2.45) is 4.99 Å². The lowest BCUT2D eigenvalue weighted by Gasteiger charge is -2.25. The van der Waals surface area contributed by atoms with Crippen molar-refractivity contribution in [2.75, 3.05) is 23.5 Å². The number of sulfone groups is 1. The number of nitrogens with zero attached hydrogens (tertiary/aromatic N) is 2. The van der Waals surface area contributed by atoms with Crippen molar-refractivity contribution < 1.29 is 13.2 Å². The number of hydrogen-bond donors (Lipinski definition) is 0. The lowest BCUT2D eigenvalue weighted by molar-refractivity contribution is 0.415. The predicted molar refractivity (Wildman–Crippen MR) is 112 cm³/mol. The van der Waals surface area contributed by atoms with Crippen molar-refractivity contribution in [3.63, 3.8) is 0 Å². The number of aryl methyl sites for hydroxylation is 1. The fourth-order valence-electron chi connectivity index (χ4n) is 3.39. The van der Waals surface area contributed by atoms with Gasteiger partial charge in [0.05, 0.1) is 31.2 Å². The Kier molecular flexibility index (Phi) is 4.90. The predicted octanol–water partition coefficient (Wildman–Crippen LogP) is 3.28. The summed E-state index contributed by atoms with van der Waals surface area (Å²) < 4.78 is 29.2. The van der Waals surface area contributed by atoms with E-state index in [4.69, 9.17) is 9.73 Å². The maximum absolute atomic E-state index is 11.9. The molecule has 2 aromatic rings. The van der Waals surface area contributed by atoms with E-state index in [1.165, 1.54) is 11.1 Å². The van der Waals surface area contributed by atoms with Crippen LogP contribution in [0.25, 0.3) is 0 Å². The van der Waals surface area contributed by atoms with Crippen molar-refractivity contribution >= 4 is 32.5 Å². The summed E-state index contributed by atoms with van der Waals surface area (Å²) in [4.78, 5) is 6.93. The zero-order chi connectivity index (χ0) is 19.0. The SMILES string of the molecule is COc1cccc(N(Cc2ccc(C)cc2)C2=N[C@H]3CS(=O)(=O)C[C@@H]3S2)c1. The maximum Gasteiger partial charge on any atom is 0.164 e. The highest BCUT2D eigenvalue weighted by Crippen LogP contribution is 2.37. The molecule has 0 saturated carbocycles. The zero-order valence-corrected chi connectivity index (χ0v) is 17.0. The Labute approximate surface area is 164 Å². The van der Waals surface area contributed by atoms with Gasteiger partial charge in [-0.25, -0.2) is 8.42 Å². The number of methoxy groups -OCH3 is 1. The molecule has 1 fully saturated rings. The average molecular weight is 403 g/mol. The minimum atomic E-state index is -2.96. The second kappa shape index (κ2) is 7.20. The van der Waals surface area contributed by atoms with E-state index in [0.717, 1.165) is 16.6 Å². The molecule has 0 aromatic heterocycles. The number of fused-ring (bicyclic) bond motifs is 1. The van der Waals surface area contributed by atoms with Crippen molar-refractivity contribution in [3.05, 3.63) is 59.7 Å². The van der Waals surface area contributed by atoms with E-state index in [2.05, 4.69) is 36.1 Å². The molecule has 2 atom stereocenters. The van der Waals surface area contributed by atoms with Gasteiger partial charge >= 0.3 is 0 Å². The van der Waals surface area contributed by atoms with Crippen molar-refractivity contribution in [1.82, 2.24) is 0 Å². The van der Waals surface area contributed by atoms with Crippen LogP contribution in [0.3, 0.4) is 0 Å². The molecule has 0 amide bonds. The van der Waals surface area contributed by atoms with E-state index >= 15 is 0 Å². The second-order valence-electron chi connectivity index (χ2n) is 6.99. The Hall–Kier alpha value is -1.99. The van der Waals surface area contributed by atoms with Crippen molar-refractivity contribution in [2.45, 2.75) is 24.8 Å². The molecular formula is C20H22N2O3S2. The summed E-state index contributed by atoms with van der Waals surface area (Å²) in [5, 5.41) is 0.907. The molecule has 0 radical (unpaired) electrons. The van der Waals surface area contributed by atoms with Gasteiger partial charge in [0.15, 0.2) is 15.0 Å². The van der Waals surface area contributed by atoms with Crippen LogP contribution in [-0.2, 0) is 16.4 Å². The van der Waals surface area contributed by atoms with E-state index in [1.54, 1.807) is 18.9 Å². The number of thioether (sulfide) groups is 1. The van der Waals surface area contributed by atoms with E-state index in [0.29, 0.717) is 6.54 Å². The second-order valence-corrected chi connectivity index (χ2v) is 10.3. The van der Waals surface area contributed by atoms with Crippen LogP contribution < -0.4 is 9.64 Å². The van der Waals surface area contributed by atoms with Crippen LogP contribution in [0.2, 0.25) is 0 Å². The molecule has 2 aliphatic heterocycles. The monoisotopic (exact) mass is 402 g/mol. The summed E-state index contributed by atoms with van der Waals surface area (Å²) in [6.45, 7) is 2.74. The molecule has 0 N–H and O–H groups in total. The molecule has 27 heavy (non-hydrogen) atoms. The summed E-state index contributed by atoms with van der Waals surface area (Å²) in [6.07, 6.45) is 0. The van der Waals surface area contributed by atoms with Gasteiger partial charge in [-0.15, -0.1) is 0 Å². The standard InChI is InChI=1S/C20H22N2O3S2/c1-14-6-8-15(9-7-14)11-22(16-4-3-5-17(10-16)25-2)20-21-18-12-27(23,24)13-19(18)26-20/h3-10,18-19H,11-13H2,1-2H3/t18-,19-/m0/s1. The van der Waals surface area contributed by atoms with Gasteiger partial charge in [0.2, 0.25) is 0 Å². The Bertz CT molecular complexity index is 971. The van der Waals surface area contributed by atoms with Crippen molar-refractivity contribution in [3.8, 4) is 5.75 Å². The quantitative estimate of drug-likeness (QED) is 0.786. The molecular weight excluding hydrogens is 380 g/mol. The third-order valence-corrected chi connectivity index (χ3v) is 8.11. The van der Waals surface area contributed by atoms with Crippen LogP contribution in [0.1, 0.15) is 11.1 Å². The molecule has 2 aliphatic rings. The summed E-state index contributed by atoms with van der Waals surface area (Å²) in [6, 6.07) is 16.2. The normalized spacial score (nSPS) is 23.0. The minimum absolute atomic E-state index is 0.0242. The van der Waals surface area contributed by atoms with Gasteiger partial charge in [-0.1, -0.05) is 47.7 Å². The average Bonchev–Trinajstić information content (AvgIpc) is 3.14. The van der Waals surface area contributed by atoms with Crippen LogP contribution in [0.5, 0.6) is 5.75 Å². The summed E-state index contributed by atoms with van der Waals surface area (Å²) in [5.41, 5.74) is 3.39. The Morgan fingerprint density at radius 1 is 1.19 bits per heavy atom. The van der Waals surface area contributed by atoms with Crippen LogP contribution in [-0.4, -0.2) is 43.5 Å². The smallest absolute Gasteiger partial charge is 0.164 e. The first kappa shape index (κ1) is 18.4. The number of benzene rings is 2. The lowest BCUT2D eigenvalue weighted by atomic mass is 10.1. The largest absolute Gasteiger partial charge is 0.497 e. The topological polar surface area (TPSA) is 59.0 Å². The van der Waals surface area contributed by atoms with Crippen molar-refractivity contribution in [1.29, 1.82) is 0 Å². The Balaban J connectivity index is 1.67. The van der Waals surface area contributed by atoms with Gasteiger partial charge < -0.3 is 9.64 Å². The Morgan fingerprint density at radius 3 is 2.67 bits per heavy atom. The molecule has 7 heteroatoms. The molecule has 0 spiro atoms. The molecule has 142 valence electrons. The molecule has 5 nitrogen and oxygen atoms in total. The van der Waals surface area contributed by atoms with Gasteiger partial charge in [0.25, 0.3) is 0 Å². The number of amidine groups is 1. The lowest BCUT2D eigenvalue weighted by Crippen LogP contribution is -2.28. The number of ether oxygens (including phenoxy) is 1. The summed E-state index contributed by atoms with van der Waals surface area (Å²) >= 11 is 1.58. The molecule has 4 rings (SSSR count). The number of aliphatic imine (C=N–C) groups is 1. The first-order valence-electron chi connectivity index (χ1n) is 8.85. The third kappa shape index (κ3) is 3.99. The highest BCUT2D eigenvalue weighted by atomic mass is 32.2. The Morgan fingerprint density at radius 2 is 1.96 bits per heavy atom. The highest BCUT2D eigenvalue weighted by molar-refractivity contribution is 8.15. The van der Waals surface area contributed by atoms with Gasteiger partial charge in [-0.05, 0) is 24.6 Å².